The molecular weight excluding hydrogens is 292 g/mol. The lowest BCUT2D eigenvalue weighted by atomic mass is 10.2. The van der Waals surface area contributed by atoms with Gasteiger partial charge in [0.15, 0.2) is 0 Å². The quantitative estimate of drug-likeness (QED) is 0.661. The van der Waals surface area contributed by atoms with Gasteiger partial charge in [-0.2, -0.15) is 26.3 Å². The van der Waals surface area contributed by atoms with Gasteiger partial charge in [-0.1, -0.05) is 6.07 Å². The molecule has 9 heteroatoms. The van der Waals surface area contributed by atoms with E-state index in [1.165, 1.54) is 0 Å². The Bertz CT molecular complexity index is 532. The lowest BCUT2D eigenvalue weighted by Crippen LogP contribution is -2.20. The Hall–Kier alpha value is -2.19. The Balaban J connectivity index is 3.10. The summed E-state index contributed by atoms with van der Waals surface area (Å²) in [5.41, 5.74) is -3.35. The van der Waals surface area contributed by atoms with E-state index in [-0.39, 0.29) is 6.08 Å². The number of nitrogens with one attached hydrogen (secondary N) is 1. The third kappa shape index (κ3) is 4.48. The van der Waals surface area contributed by atoms with Gasteiger partial charge in [-0.05, 0) is 18.2 Å². The van der Waals surface area contributed by atoms with Crippen molar-refractivity contribution in [2.24, 2.45) is 0 Å². The summed E-state index contributed by atoms with van der Waals surface area (Å²) in [6.07, 6.45) is -9.92. The van der Waals surface area contributed by atoms with Gasteiger partial charge >= 0.3 is 18.3 Å². The molecule has 0 radical (unpaired) electrons. The first-order chi connectivity index (χ1) is 9.00. The fourth-order valence-electron chi connectivity index (χ4n) is 1.24. The Morgan fingerprint density at radius 2 is 1.75 bits per heavy atom. The van der Waals surface area contributed by atoms with Crippen molar-refractivity contribution in [1.82, 2.24) is 0 Å². The molecule has 1 aromatic rings. The Morgan fingerprint density at radius 1 is 1.15 bits per heavy atom. The molecule has 0 heterocycles. The number of benzene rings is 1. The number of allylic oxidation sites excluding steroid dienone is 1. The maximum atomic E-state index is 12.5. The molecule has 0 atom stereocenters. The van der Waals surface area contributed by atoms with Gasteiger partial charge in [0.1, 0.15) is 5.70 Å². The molecule has 0 saturated carbocycles. The van der Waals surface area contributed by atoms with E-state index in [0.29, 0.717) is 12.1 Å². The molecule has 0 aliphatic heterocycles. The molecule has 0 bridgehead atoms. The number of halogens is 6. The number of rotatable bonds is 3. The molecule has 0 aromatic heterocycles. The molecule has 0 amide bonds. The number of alkyl halides is 6. The van der Waals surface area contributed by atoms with Crippen LogP contribution in [-0.4, -0.2) is 17.3 Å². The average molecular weight is 299 g/mol. The summed E-state index contributed by atoms with van der Waals surface area (Å²) >= 11 is 0. The zero-order chi connectivity index (χ0) is 15.6. The van der Waals surface area contributed by atoms with Crippen LogP contribution in [0.1, 0.15) is 5.56 Å². The molecule has 0 spiro atoms. The van der Waals surface area contributed by atoms with Crippen LogP contribution in [0.4, 0.5) is 32.0 Å². The summed E-state index contributed by atoms with van der Waals surface area (Å²) in [4.78, 5) is 10.3. The summed E-state index contributed by atoms with van der Waals surface area (Å²) in [5, 5.41) is 9.93. The number of hydrogen-bond acceptors (Lipinski definition) is 2. The number of hydrogen-bond donors (Lipinski definition) is 2. The molecule has 0 aliphatic carbocycles. The predicted molar refractivity (Wildman–Crippen MR) is 56.8 cm³/mol. The van der Waals surface area contributed by atoms with Crippen molar-refractivity contribution < 1.29 is 36.2 Å². The zero-order valence-electron chi connectivity index (χ0n) is 9.51. The third-order valence-corrected chi connectivity index (χ3v) is 2.04. The summed E-state index contributed by atoms with van der Waals surface area (Å²) in [5.74, 6) is -1.88. The van der Waals surface area contributed by atoms with Crippen molar-refractivity contribution in [2.75, 3.05) is 5.32 Å². The molecule has 20 heavy (non-hydrogen) atoms. The summed E-state index contributed by atoms with van der Waals surface area (Å²) in [6.45, 7) is 0. The number of aliphatic carboxylic acids is 1. The van der Waals surface area contributed by atoms with Crippen molar-refractivity contribution >= 4 is 11.7 Å². The summed E-state index contributed by atoms with van der Waals surface area (Å²) in [6, 6.07) is 2.98. The number of carboxylic acids is 1. The van der Waals surface area contributed by atoms with E-state index in [4.69, 9.17) is 5.11 Å². The van der Waals surface area contributed by atoms with E-state index in [2.05, 4.69) is 0 Å². The fraction of sp³-hybridized carbons (Fsp3) is 0.182. The first kappa shape index (κ1) is 15.9. The van der Waals surface area contributed by atoms with Gasteiger partial charge < -0.3 is 10.4 Å². The standard InChI is InChI=1S/C11H7F6NO2/c12-10(13,14)6-2-1-3-7(4-6)18-8(5-9(19)20)11(15,16)17/h1-5,18H,(H,19,20)/b8-5+. The first-order valence-corrected chi connectivity index (χ1v) is 4.96. The molecule has 2 N–H and O–H groups in total. The van der Waals surface area contributed by atoms with Gasteiger partial charge in [-0.3, -0.25) is 0 Å². The van der Waals surface area contributed by atoms with Crippen molar-refractivity contribution in [1.29, 1.82) is 0 Å². The van der Waals surface area contributed by atoms with Gasteiger partial charge in [0, 0.05) is 5.69 Å². The molecule has 0 saturated heterocycles. The third-order valence-electron chi connectivity index (χ3n) is 2.04. The minimum absolute atomic E-state index is 0.166. The minimum atomic E-state index is -5.04. The lowest BCUT2D eigenvalue weighted by molar-refractivity contribution is -0.137. The molecular formula is C11H7F6NO2. The number of carbonyl (C=O) groups is 1. The van der Waals surface area contributed by atoms with Crippen molar-refractivity contribution in [3.8, 4) is 0 Å². The summed E-state index contributed by atoms with van der Waals surface area (Å²) < 4.78 is 74.6. The van der Waals surface area contributed by atoms with Gasteiger partial charge in [-0.25, -0.2) is 4.79 Å². The SMILES string of the molecule is O=C(O)/C=C(/Nc1cccc(C(F)(F)F)c1)C(F)(F)F. The maximum Gasteiger partial charge on any atom is 0.431 e. The maximum absolute atomic E-state index is 12.5. The Labute approximate surface area is 108 Å². The van der Waals surface area contributed by atoms with E-state index >= 15 is 0 Å². The molecule has 1 rings (SSSR count). The van der Waals surface area contributed by atoms with Crippen LogP contribution in [0.25, 0.3) is 0 Å². The summed E-state index contributed by atoms with van der Waals surface area (Å²) in [7, 11) is 0. The van der Waals surface area contributed by atoms with Crippen LogP contribution in [-0.2, 0) is 11.0 Å². The van der Waals surface area contributed by atoms with E-state index in [1.54, 1.807) is 5.32 Å². The van der Waals surface area contributed by atoms with Gasteiger partial charge in [0.2, 0.25) is 0 Å². The monoisotopic (exact) mass is 299 g/mol. The normalized spacial score (nSPS) is 13.2. The van der Waals surface area contributed by atoms with Crippen LogP contribution in [0.2, 0.25) is 0 Å². The van der Waals surface area contributed by atoms with Gasteiger partial charge in [0.05, 0.1) is 11.6 Å². The predicted octanol–water partition coefficient (Wildman–Crippen LogP) is 3.65. The van der Waals surface area contributed by atoms with Gasteiger partial charge in [0.25, 0.3) is 0 Å². The zero-order valence-corrected chi connectivity index (χ0v) is 9.51. The van der Waals surface area contributed by atoms with E-state index in [0.717, 1.165) is 12.1 Å². The number of anilines is 1. The highest BCUT2D eigenvalue weighted by Crippen LogP contribution is 2.32. The highest BCUT2D eigenvalue weighted by molar-refractivity contribution is 5.81. The van der Waals surface area contributed by atoms with Gasteiger partial charge in [-0.15, -0.1) is 0 Å². The van der Waals surface area contributed by atoms with Crippen LogP contribution in [0.3, 0.4) is 0 Å². The molecule has 110 valence electrons. The Kier molecular flexibility index (Phi) is 4.31. The topological polar surface area (TPSA) is 49.3 Å². The van der Waals surface area contributed by atoms with Crippen molar-refractivity contribution in [2.45, 2.75) is 12.4 Å². The smallest absolute Gasteiger partial charge is 0.431 e. The van der Waals surface area contributed by atoms with E-state index in [1.807, 2.05) is 0 Å². The fourth-order valence-corrected chi connectivity index (χ4v) is 1.24. The van der Waals surface area contributed by atoms with E-state index < -0.39 is 35.3 Å². The average Bonchev–Trinajstić information content (AvgIpc) is 2.25. The van der Waals surface area contributed by atoms with Crippen LogP contribution >= 0.6 is 0 Å². The van der Waals surface area contributed by atoms with Crippen LogP contribution in [0.15, 0.2) is 36.0 Å². The number of carboxylic acid groups (broad SMARTS) is 1. The highest BCUT2D eigenvalue weighted by atomic mass is 19.4. The lowest BCUT2D eigenvalue weighted by Gasteiger charge is -2.15. The van der Waals surface area contributed by atoms with Crippen molar-refractivity contribution in [3.05, 3.63) is 41.6 Å². The molecule has 3 nitrogen and oxygen atoms in total. The van der Waals surface area contributed by atoms with Crippen LogP contribution in [0.5, 0.6) is 0 Å². The Morgan fingerprint density at radius 3 is 2.20 bits per heavy atom. The van der Waals surface area contributed by atoms with Crippen LogP contribution in [0, 0.1) is 0 Å². The molecule has 0 unspecified atom stereocenters. The highest BCUT2D eigenvalue weighted by Gasteiger charge is 2.35. The van der Waals surface area contributed by atoms with Crippen LogP contribution < -0.4 is 5.32 Å². The first-order valence-electron chi connectivity index (χ1n) is 4.96. The molecule has 1 aromatic carbocycles. The van der Waals surface area contributed by atoms with E-state index in [9.17, 15) is 31.1 Å². The second kappa shape index (κ2) is 5.43. The molecule has 0 aliphatic rings. The largest absolute Gasteiger partial charge is 0.478 e. The van der Waals surface area contributed by atoms with Crippen molar-refractivity contribution in [3.63, 3.8) is 0 Å². The molecule has 0 fully saturated rings. The minimum Gasteiger partial charge on any atom is -0.478 e. The second-order valence-corrected chi connectivity index (χ2v) is 3.60. The second-order valence-electron chi connectivity index (χ2n) is 3.60.